The zero-order valence-corrected chi connectivity index (χ0v) is 18.3. The first-order valence-corrected chi connectivity index (χ1v) is 11.3. The fourth-order valence-electron chi connectivity index (χ4n) is 4.90. The van der Waals surface area contributed by atoms with Crippen LogP contribution >= 0.6 is 0 Å². The number of amides is 1. The zero-order chi connectivity index (χ0) is 21.0. The third-order valence-corrected chi connectivity index (χ3v) is 6.66. The Morgan fingerprint density at radius 1 is 1.00 bits per heavy atom. The van der Waals surface area contributed by atoms with Crippen LogP contribution in [0.4, 0.5) is 0 Å². The summed E-state index contributed by atoms with van der Waals surface area (Å²) >= 11 is 0. The molecule has 2 fully saturated rings. The maximum absolute atomic E-state index is 13.4. The standard InChI is InChI=1S/C26H34N2O2/c1-19-15-20(2)17-23(16-19)22-5-3-21(4-6-22)18-26(9-13-30-14-10-26)25(29)28-24-7-11-27-12-8-24/h3-6,15-17,24,27H,7-14,18H2,1-2H3,(H,28,29). The van der Waals surface area contributed by atoms with Crippen LogP contribution in [0.2, 0.25) is 0 Å². The largest absolute Gasteiger partial charge is 0.381 e. The lowest BCUT2D eigenvalue weighted by Gasteiger charge is -2.38. The molecule has 2 saturated heterocycles. The first kappa shape index (κ1) is 21.1. The lowest BCUT2D eigenvalue weighted by molar-refractivity contribution is -0.137. The van der Waals surface area contributed by atoms with Gasteiger partial charge in [0.25, 0.3) is 0 Å². The molecular weight excluding hydrogens is 372 g/mol. The van der Waals surface area contributed by atoms with Gasteiger partial charge in [0, 0.05) is 19.3 Å². The van der Waals surface area contributed by atoms with E-state index in [0.717, 1.165) is 45.2 Å². The normalized spacial score (nSPS) is 19.4. The summed E-state index contributed by atoms with van der Waals surface area (Å²) in [6.45, 7) is 7.59. The second kappa shape index (κ2) is 9.32. The Kier molecular flexibility index (Phi) is 6.55. The molecule has 4 nitrogen and oxygen atoms in total. The average Bonchev–Trinajstić information content (AvgIpc) is 2.75. The summed E-state index contributed by atoms with van der Waals surface area (Å²) in [6.07, 6.45) is 4.40. The van der Waals surface area contributed by atoms with Gasteiger partial charge in [0.1, 0.15) is 0 Å². The lowest BCUT2D eigenvalue weighted by Crippen LogP contribution is -2.51. The quantitative estimate of drug-likeness (QED) is 0.783. The van der Waals surface area contributed by atoms with Crippen molar-refractivity contribution in [3.63, 3.8) is 0 Å². The Morgan fingerprint density at radius 2 is 1.63 bits per heavy atom. The topological polar surface area (TPSA) is 50.4 Å². The molecule has 2 aliphatic rings. The van der Waals surface area contributed by atoms with Gasteiger partial charge in [-0.2, -0.15) is 0 Å². The highest BCUT2D eigenvalue weighted by molar-refractivity contribution is 5.83. The number of hydrogen-bond donors (Lipinski definition) is 2. The molecule has 0 bridgehead atoms. The van der Waals surface area contributed by atoms with Crippen molar-refractivity contribution in [3.05, 3.63) is 59.2 Å². The van der Waals surface area contributed by atoms with Gasteiger partial charge < -0.3 is 15.4 Å². The highest BCUT2D eigenvalue weighted by atomic mass is 16.5. The maximum Gasteiger partial charge on any atom is 0.226 e. The Morgan fingerprint density at radius 3 is 2.27 bits per heavy atom. The van der Waals surface area contributed by atoms with Crippen LogP contribution in [0.25, 0.3) is 11.1 Å². The third-order valence-electron chi connectivity index (χ3n) is 6.66. The van der Waals surface area contributed by atoms with E-state index in [4.69, 9.17) is 4.74 Å². The van der Waals surface area contributed by atoms with Gasteiger partial charge in [-0.1, -0.05) is 53.6 Å². The minimum Gasteiger partial charge on any atom is -0.381 e. The average molecular weight is 407 g/mol. The van der Waals surface area contributed by atoms with E-state index in [1.54, 1.807) is 0 Å². The van der Waals surface area contributed by atoms with E-state index in [2.05, 4.69) is 66.9 Å². The van der Waals surface area contributed by atoms with E-state index in [1.165, 1.54) is 27.8 Å². The number of aryl methyl sites for hydroxylation is 2. The molecule has 0 atom stereocenters. The summed E-state index contributed by atoms with van der Waals surface area (Å²) in [6, 6.07) is 15.7. The lowest BCUT2D eigenvalue weighted by atomic mass is 9.74. The predicted molar refractivity (Wildman–Crippen MR) is 122 cm³/mol. The van der Waals surface area contributed by atoms with Crippen molar-refractivity contribution in [1.29, 1.82) is 0 Å². The van der Waals surface area contributed by atoms with Crippen molar-refractivity contribution in [1.82, 2.24) is 10.6 Å². The van der Waals surface area contributed by atoms with Gasteiger partial charge in [-0.15, -0.1) is 0 Å². The smallest absolute Gasteiger partial charge is 0.226 e. The Bertz CT molecular complexity index is 843. The molecule has 2 heterocycles. The van der Waals surface area contributed by atoms with Gasteiger partial charge in [-0.3, -0.25) is 4.79 Å². The first-order chi connectivity index (χ1) is 14.5. The molecule has 0 aromatic heterocycles. The molecule has 0 unspecified atom stereocenters. The van der Waals surface area contributed by atoms with Gasteiger partial charge in [-0.25, -0.2) is 0 Å². The van der Waals surface area contributed by atoms with Crippen LogP contribution in [-0.2, 0) is 16.0 Å². The van der Waals surface area contributed by atoms with E-state index in [0.29, 0.717) is 19.3 Å². The minimum absolute atomic E-state index is 0.219. The van der Waals surface area contributed by atoms with Gasteiger partial charge in [0.05, 0.1) is 5.41 Å². The molecule has 0 saturated carbocycles. The second-order valence-corrected chi connectivity index (χ2v) is 9.14. The van der Waals surface area contributed by atoms with Crippen LogP contribution in [0.15, 0.2) is 42.5 Å². The van der Waals surface area contributed by atoms with E-state index in [-0.39, 0.29) is 11.3 Å². The highest BCUT2D eigenvalue weighted by Gasteiger charge is 2.40. The van der Waals surface area contributed by atoms with Crippen molar-refractivity contribution in [2.75, 3.05) is 26.3 Å². The van der Waals surface area contributed by atoms with Gasteiger partial charge >= 0.3 is 0 Å². The molecule has 4 heteroatoms. The maximum atomic E-state index is 13.4. The van der Waals surface area contributed by atoms with Crippen molar-refractivity contribution in [3.8, 4) is 11.1 Å². The van der Waals surface area contributed by atoms with Crippen LogP contribution < -0.4 is 10.6 Å². The van der Waals surface area contributed by atoms with Crippen LogP contribution in [0, 0.1) is 19.3 Å². The number of carbonyl (C=O) groups is 1. The monoisotopic (exact) mass is 406 g/mol. The Hall–Kier alpha value is -2.17. The molecule has 160 valence electrons. The van der Waals surface area contributed by atoms with E-state index in [9.17, 15) is 4.79 Å². The van der Waals surface area contributed by atoms with Crippen molar-refractivity contribution < 1.29 is 9.53 Å². The zero-order valence-electron chi connectivity index (χ0n) is 18.3. The summed E-state index contributed by atoms with van der Waals surface area (Å²) in [5, 5.41) is 6.74. The summed E-state index contributed by atoms with van der Waals surface area (Å²) in [7, 11) is 0. The van der Waals surface area contributed by atoms with Crippen LogP contribution in [-0.4, -0.2) is 38.3 Å². The number of ether oxygens (including phenoxy) is 1. The van der Waals surface area contributed by atoms with Gasteiger partial charge in [-0.05, 0) is 75.7 Å². The molecule has 2 aliphatic heterocycles. The second-order valence-electron chi connectivity index (χ2n) is 9.14. The predicted octanol–water partition coefficient (Wildman–Crippen LogP) is 4.18. The molecule has 0 aliphatic carbocycles. The van der Waals surface area contributed by atoms with Crippen LogP contribution in [0.5, 0.6) is 0 Å². The van der Waals surface area contributed by atoms with E-state index in [1.807, 2.05) is 0 Å². The molecule has 2 aromatic rings. The molecular formula is C26H34N2O2. The molecule has 2 N–H and O–H groups in total. The molecule has 2 aromatic carbocycles. The van der Waals surface area contributed by atoms with Crippen LogP contribution in [0.1, 0.15) is 42.4 Å². The number of benzene rings is 2. The van der Waals surface area contributed by atoms with E-state index < -0.39 is 0 Å². The molecule has 0 spiro atoms. The molecule has 1 amide bonds. The van der Waals surface area contributed by atoms with Gasteiger partial charge in [0.2, 0.25) is 5.91 Å². The summed E-state index contributed by atoms with van der Waals surface area (Å²) in [5.74, 6) is 0.219. The molecule has 0 radical (unpaired) electrons. The molecule has 30 heavy (non-hydrogen) atoms. The van der Waals surface area contributed by atoms with Crippen molar-refractivity contribution >= 4 is 5.91 Å². The minimum atomic E-state index is -0.357. The molecule has 4 rings (SSSR count). The van der Waals surface area contributed by atoms with Crippen molar-refractivity contribution in [2.24, 2.45) is 5.41 Å². The summed E-state index contributed by atoms with van der Waals surface area (Å²) < 4.78 is 5.61. The Labute approximate surface area is 180 Å². The number of rotatable bonds is 5. The third kappa shape index (κ3) is 4.93. The fourth-order valence-corrected chi connectivity index (χ4v) is 4.90. The number of piperidine rings is 1. The Balaban J connectivity index is 1.50. The number of hydrogen-bond acceptors (Lipinski definition) is 3. The van der Waals surface area contributed by atoms with Gasteiger partial charge in [0.15, 0.2) is 0 Å². The van der Waals surface area contributed by atoms with Crippen molar-refractivity contribution in [2.45, 2.75) is 52.0 Å². The fraction of sp³-hybridized carbons (Fsp3) is 0.500. The van der Waals surface area contributed by atoms with Crippen LogP contribution in [0.3, 0.4) is 0 Å². The number of carbonyl (C=O) groups excluding carboxylic acids is 1. The summed E-state index contributed by atoms with van der Waals surface area (Å²) in [4.78, 5) is 13.4. The first-order valence-electron chi connectivity index (χ1n) is 11.3. The highest BCUT2D eigenvalue weighted by Crippen LogP contribution is 2.36. The number of nitrogens with one attached hydrogen (secondary N) is 2. The SMILES string of the molecule is Cc1cc(C)cc(-c2ccc(CC3(C(=O)NC4CCNCC4)CCOCC3)cc2)c1. The summed E-state index contributed by atoms with van der Waals surface area (Å²) in [5.41, 5.74) is 5.92. The van der Waals surface area contributed by atoms with E-state index >= 15 is 0 Å².